The van der Waals surface area contributed by atoms with Crippen molar-refractivity contribution in [3.63, 3.8) is 0 Å². The van der Waals surface area contributed by atoms with E-state index >= 15 is 0 Å². The molecular formula is C12H12O3. The molecule has 0 saturated heterocycles. The number of hydrogen-bond acceptors (Lipinski definition) is 3. The average molecular weight is 204 g/mol. The van der Waals surface area contributed by atoms with Gasteiger partial charge in [-0.2, -0.15) is 0 Å². The number of esters is 1. The molecule has 0 heterocycles. The molecule has 0 amide bonds. The van der Waals surface area contributed by atoms with Crippen molar-refractivity contribution >= 4 is 17.8 Å². The van der Waals surface area contributed by atoms with Crippen molar-refractivity contribution in [3.05, 3.63) is 42.0 Å². The number of ether oxygens (including phenoxy) is 1. The summed E-state index contributed by atoms with van der Waals surface area (Å²) in [6.07, 6.45) is 1.80. The molecule has 3 heteroatoms. The Balaban J connectivity index is 2.99. The highest BCUT2D eigenvalue weighted by molar-refractivity contribution is 6.19. The van der Waals surface area contributed by atoms with Crippen LogP contribution in [0.2, 0.25) is 0 Å². The van der Waals surface area contributed by atoms with Crippen LogP contribution in [0.5, 0.6) is 0 Å². The molecule has 0 N–H and O–H groups in total. The summed E-state index contributed by atoms with van der Waals surface area (Å²) in [6, 6.07) is 8.95. The van der Waals surface area contributed by atoms with Gasteiger partial charge in [0.25, 0.3) is 0 Å². The van der Waals surface area contributed by atoms with Gasteiger partial charge in [0.15, 0.2) is 0 Å². The summed E-state index contributed by atoms with van der Waals surface area (Å²) in [7, 11) is 0. The average Bonchev–Trinajstić information content (AvgIpc) is 2.27. The molecule has 0 aliphatic rings. The molecule has 0 spiro atoms. The van der Waals surface area contributed by atoms with Gasteiger partial charge in [0.05, 0.1) is 12.2 Å². The maximum atomic E-state index is 11.5. The van der Waals surface area contributed by atoms with Crippen molar-refractivity contribution in [2.45, 2.75) is 6.92 Å². The van der Waals surface area contributed by atoms with Gasteiger partial charge in [-0.15, -0.1) is 0 Å². The first-order valence-corrected chi connectivity index (χ1v) is 4.67. The molecule has 0 atom stereocenters. The lowest BCUT2D eigenvalue weighted by Gasteiger charge is -2.05. The molecule has 0 fully saturated rings. The third-order valence-electron chi connectivity index (χ3n) is 1.81. The van der Waals surface area contributed by atoms with Gasteiger partial charge in [-0.1, -0.05) is 30.3 Å². The van der Waals surface area contributed by atoms with E-state index in [1.165, 1.54) is 6.08 Å². The first-order valence-electron chi connectivity index (χ1n) is 4.67. The normalized spacial score (nSPS) is 10.9. The lowest BCUT2D eigenvalue weighted by atomic mass is 10.1. The largest absolute Gasteiger partial charge is 0.462 e. The molecule has 1 aromatic rings. The molecule has 0 bridgehead atoms. The molecule has 0 saturated carbocycles. The maximum Gasteiger partial charge on any atom is 0.338 e. The smallest absolute Gasteiger partial charge is 0.338 e. The molecule has 0 aliphatic carbocycles. The summed E-state index contributed by atoms with van der Waals surface area (Å²) < 4.78 is 4.84. The number of carbonyl (C=O) groups is 2. The fourth-order valence-corrected chi connectivity index (χ4v) is 1.18. The second kappa shape index (κ2) is 5.75. The van der Waals surface area contributed by atoms with Crippen LogP contribution in [0.25, 0.3) is 5.57 Å². The fourth-order valence-electron chi connectivity index (χ4n) is 1.18. The van der Waals surface area contributed by atoms with Crippen molar-refractivity contribution in [1.29, 1.82) is 0 Å². The van der Waals surface area contributed by atoms with Crippen molar-refractivity contribution in [2.24, 2.45) is 0 Å². The summed E-state index contributed by atoms with van der Waals surface area (Å²) in [5.41, 5.74) is 0.968. The van der Waals surface area contributed by atoms with Crippen LogP contribution in [-0.2, 0) is 14.3 Å². The lowest BCUT2D eigenvalue weighted by molar-refractivity contribution is -0.136. The van der Waals surface area contributed by atoms with Crippen LogP contribution in [0, 0.1) is 0 Å². The molecule has 78 valence electrons. The van der Waals surface area contributed by atoms with Crippen molar-refractivity contribution < 1.29 is 14.3 Å². The van der Waals surface area contributed by atoms with Crippen LogP contribution in [0.3, 0.4) is 0 Å². The third kappa shape index (κ3) is 3.06. The number of hydrogen-bond donors (Lipinski definition) is 0. The molecule has 1 aromatic carbocycles. The molecular weight excluding hydrogens is 192 g/mol. The fraction of sp³-hybridized carbons (Fsp3) is 0.167. The van der Waals surface area contributed by atoms with Crippen LogP contribution < -0.4 is 0 Å². The summed E-state index contributed by atoms with van der Waals surface area (Å²) >= 11 is 0. The van der Waals surface area contributed by atoms with Crippen LogP contribution in [0.1, 0.15) is 12.5 Å². The second-order valence-corrected chi connectivity index (χ2v) is 2.80. The minimum atomic E-state index is -0.476. The minimum Gasteiger partial charge on any atom is -0.462 e. The zero-order chi connectivity index (χ0) is 11.1. The molecule has 0 unspecified atom stereocenters. The van der Waals surface area contributed by atoms with Crippen LogP contribution in [0.4, 0.5) is 0 Å². The molecule has 3 nitrogen and oxygen atoms in total. The SMILES string of the molecule is CCOC(=O)/C(=C/C=O)c1ccccc1. The van der Waals surface area contributed by atoms with Crippen molar-refractivity contribution in [3.8, 4) is 0 Å². The molecule has 1 rings (SSSR count). The van der Waals surface area contributed by atoms with E-state index in [2.05, 4.69) is 0 Å². The topological polar surface area (TPSA) is 43.4 Å². The van der Waals surface area contributed by atoms with E-state index in [4.69, 9.17) is 4.74 Å². The highest BCUT2D eigenvalue weighted by atomic mass is 16.5. The number of benzene rings is 1. The summed E-state index contributed by atoms with van der Waals surface area (Å²) in [5.74, 6) is -0.476. The Morgan fingerprint density at radius 3 is 2.53 bits per heavy atom. The molecule has 0 aliphatic heterocycles. The Kier molecular flexibility index (Phi) is 4.29. The van der Waals surface area contributed by atoms with E-state index in [1.54, 1.807) is 31.2 Å². The Morgan fingerprint density at radius 2 is 2.00 bits per heavy atom. The number of aldehydes is 1. The van der Waals surface area contributed by atoms with Gasteiger partial charge < -0.3 is 4.74 Å². The first-order chi connectivity index (χ1) is 7.29. The van der Waals surface area contributed by atoms with Crippen LogP contribution in [0.15, 0.2) is 36.4 Å². The highest BCUT2D eigenvalue weighted by Crippen LogP contribution is 2.14. The van der Waals surface area contributed by atoms with Gasteiger partial charge in [-0.05, 0) is 18.6 Å². The first kappa shape index (κ1) is 11.2. The van der Waals surface area contributed by atoms with Gasteiger partial charge in [0.2, 0.25) is 0 Å². The van der Waals surface area contributed by atoms with Gasteiger partial charge in [-0.3, -0.25) is 4.79 Å². The lowest BCUT2D eigenvalue weighted by Crippen LogP contribution is -2.07. The number of allylic oxidation sites excluding steroid dienone is 1. The van der Waals surface area contributed by atoms with E-state index in [0.29, 0.717) is 18.5 Å². The Bertz CT molecular complexity index is 366. The quantitative estimate of drug-likeness (QED) is 0.427. The standard InChI is InChI=1S/C12H12O3/c1-2-15-12(14)11(8-9-13)10-6-4-3-5-7-10/h3-9H,2H2,1H3/b11-8+. The van der Waals surface area contributed by atoms with Gasteiger partial charge >= 0.3 is 5.97 Å². The summed E-state index contributed by atoms with van der Waals surface area (Å²) in [5, 5.41) is 0. The van der Waals surface area contributed by atoms with E-state index < -0.39 is 5.97 Å². The second-order valence-electron chi connectivity index (χ2n) is 2.80. The Morgan fingerprint density at radius 1 is 1.33 bits per heavy atom. The zero-order valence-electron chi connectivity index (χ0n) is 8.47. The van der Waals surface area contributed by atoms with E-state index in [-0.39, 0.29) is 5.57 Å². The summed E-state index contributed by atoms with van der Waals surface area (Å²) in [6.45, 7) is 2.02. The van der Waals surface area contributed by atoms with E-state index in [0.717, 1.165) is 0 Å². The van der Waals surface area contributed by atoms with Crippen molar-refractivity contribution in [2.75, 3.05) is 6.61 Å². The summed E-state index contributed by atoms with van der Waals surface area (Å²) in [4.78, 5) is 21.9. The van der Waals surface area contributed by atoms with Gasteiger partial charge in [0.1, 0.15) is 6.29 Å². The highest BCUT2D eigenvalue weighted by Gasteiger charge is 2.11. The van der Waals surface area contributed by atoms with E-state index in [1.807, 2.05) is 6.07 Å². The van der Waals surface area contributed by atoms with Crippen LogP contribution in [-0.4, -0.2) is 18.9 Å². The van der Waals surface area contributed by atoms with Crippen molar-refractivity contribution in [1.82, 2.24) is 0 Å². The molecule has 15 heavy (non-hydrogen) atoms. The Hall–Kier alpha value is -1.90. The minimum absolute atomic E-state index is 0.285. The van der Waals surface area contributed by atoms with Crippen LogP contribution >= 0.6 is 0 Å². The third-order valence-corrected chi connectivity index (χ3v) is 1.81. The maximum absolute atomic E-state index is 11.5. The van der Waals surface area contributed by atoms with Gasteiger partial charge in [-0.25, -0.2) is 4.79 Å². The molecule has 0 aromatic heterocycles. The Labute approximate surface area is 88.4 Å². The predicted octanol–water partition coefficient (Wildman–Crippen LogP) is 1.83. The van der Waals surface area contributed by atoms with E-state index in [9.17, 15) is 9.59 Å². The predicted molar refractivity (Wildman–Crippen MR) is 57.1 cm³/mol. The molecule has 0 radical (unpaired) electrons. The zero-order valence-corrected chi connectivity index (χ0v) is 8.47. The van der Waals surface area contributed by atoms with Gasteiger partial charge in [0, 0.05) is 0 Å². The number of rotatable bonds is 4. The monoisotopic (exact) mass is 204 g/mol. The number of carbonyl (C=O) groups excluding carboxylic acids is 2.